The number of terminal acetylenes is 1. The summed E-state index contributed by atoms with van der Waals surface area (Å²) in [7, 11) is 1.85. The zero-order valence-electron chi connectivity index (χ0n) is 9.94. The Hall–Kier alpha value is -1.60. The maximum atomic E-state index is 9.27. The molecule has 0 aliphatic heterocycles. The Bertz CT molecular complexity index is 396. The van der Waals surface area contributed by atoms with Crippen LogP contribution in [0.2, 0.25) is 0 Å². The summed E-state index contributed by atoms with van der Waals surface area (Å²) >= 11 is 0. The third-order valence-corrected chi connectivity index (χ3v) is 2.27. The van der Waals surface area contributed by atoms with E-state index in [9.17, 15) is 5.11 Å². The summed E-state index contributed by atoms with van der Waals surface area (Å²) in [5, 5.41) is 9.27. The highest BCUT2D eigenvalue weighted by molar-refractivity contribution is 5.49. The van der Waals surface area contributed by atoms with Gasteiger partial charge in [-0.15, -0.1) is 6.42 Å². The van der Waals surface area contributed by atoms with Gasteiger partial charge >= 0.3 is 0 Å². The number of hydrogen-bond donors (Lipinski definition) is 1. The normalized spacial score (nSPS) is 10.2. The van der Waals surface area contributed by atoms with Crippen LogP contribution < -0.4 is 4.90 Å². The molecular formula is C12H17N3O. The van der Waals surface area contributed by atoms with Crippen LogP contribution in [0.15, 0.2) is 6.20 Å². The number of rotatable bonds is 4. The maximum absolute atomic E-state index is 9.27. The van der Waals surface area contributed by atoms with Crippen molar-refractivity contribution in [2.75, 3.05) is 18.5 Å². The van der Waals surface area contributed by atoms with Crippen LogP contribution in [0, 0.1) is 12.3 Å². The van der Waals surface area contributed by atoms with E-state index < -0.39 is 0 Å². The van der Waals surface area contributed by atoms with Crippen molar-refractivity contribution >= 4 is 5.69 Å². The first-order valence-electron chi connectivity index (χ1n) is 5.21. The van der Waals surface area contributed by atoms with Gasteiger partial charge < -0.3 is 10.0 Å². The summed E-state index contributed by atoms with van der Waals surface area (Å²) in [6.07, 6.45) is 6.95. The molecule has 0 aromatic carbocycles. The first kappa shape index (κ1) is 12.5. The van der Waals surface area contributed by atoms with Crippen LogP contribution >= 0.6 is 0 Å². The molecule has 0 saturated heterocycles. The zero-order chi connectivity index (χ0) is 12.1. The highest BCUT2D eigenvalue weighted by atomic mass is 16.3. The molecular weight excluding hydrogens is 202 g/mol. The van der Waals surface area contributed by atoms with Gasteiger partial charge in [0.05, 0.1) is 30.7 Å². The van der Waals surface area contributed by atoms with Crippen LogP contribution in [-0.2, 0) is 6.61 Å². The summed E-state index contributed by atoms with van der Waals surface area (Å²) in [6, 6.07) is 0. The maximum Gasteiger partial charge on any atom is 0.131 e. The topological polar surface area (TPSA) is 49.2 Å². The average Bonchev–Trinajstić information content (AvgIpc) is 2.28. The predicted octanol–water partition coefficient (Wildman–Crippen LogP) is 1.16. The Morgan fingerprint density at radius 3 is 2.75 bits per heavy atom. The van der Waals surface area contributed by atoms with Gasteiger partial charge in [0, 0.05) is 13.0 Å². The Labute approximate surface area is 96.3 Å². The van der Waals surface area contributed by atoms with Crippen LogP contribution in [-0.4, -0.2) is 28.7 Å². The SMILES string of the molecule is C#CCN(C)c1cnc(C(C)C)nc1CO. The van der Waals surface area contributed by atoms with E-state index in [0.717, 1.165) is 11.5 Å². The molecule has 4 nitrogen and oxygen atoms in total. The molecule has 0 aliphatic rings. The molecule has 0 bridgehead atoms. The summed E-state index contributed by atoms with van der Waals surface area (Å²) in [4.78, 5) is 10.4. The van der Waals surface area contributed by atoms with Gasteiger partial charge in [-0.25, -0.2) is 9.97 Å². The van der Waals surface area contributed by atoms with Gasteiger partial charge in [-0.1, -0.05) is 19.8 Å². The van der Waals surface area contributed by atoms with E-state index in [1.165, 1.54) is 0 Å². The van der Waals surface area contributed by atoms with E-state index in [4.69, 9.17) is 6.42 Å². The quantitative estimate of drug-likeness (QED) is 0.772. The van der Waals surface area contributed by atoms with Crippen molar-refractivity contribution in [2.45, 2.75) is 26.4 Å². The molecule has 0 atom stereocenters. The Morgan fingerprint density at radius 1 is 1.56 bits per heavy atom. The summed E-state index contributed by atoms with van der Waals surface area (Å²) in [6.45, 7) is 4.40. The van der Waals surface area contributed by atoms with Crippen LogP contribution in [0.3, 0.4) is 0 Å². The second-order valence-corrected chi connectivity index (χ2v) is 3.93. The monoisotopic (exact) mass is 219 g/mol. The van der Waals surface area contributed by atoms with Crippen molar-refractivity contribution in [2.24, 2.45) is 0 Å². The minimum atomic E-state index is -0.105. The highest BCUT2D eigenvalue weighted by Crippen LogP contribution is 2.19. The van der Waals surface area contributed by atoms with Crippen LogP contribution in [0.1, 0.15) is 31.3 Å². The van der Waals surface area contributed by atoms with Crippen LogP contribution in [0.25, 0.3) is 0 Å². The Morgan fingerprint density at radius 2 is 2.25 bits per heavy atom. The third kappa shape index (κ3) is 2.71. The fraction of sp³-hybridized carbons (Fsp3) is 0.500. The van der Waals surface area contributed by atoms with E-state index in [2.05, 4.69) is 15.9 Å². The Kier molecular flexibility index (Phi) is 4.27. The number of nitrogens with zero attached hydrogens (tertiary/aromatic N) is 3. The molecule has 0 aliphatic carbocycles. The summed E-state index contributed by atoms with van der Waals surface area (Å²) in [5.74, 6) is 3.53. The van der Waals surface area contributed by atoms with Gasteiger partial charge in [-0.05, 0) is 0 Å². The van der Waals surface area contributed by atoms with Crippen molar-refractivity contribution in [3.8, 4) is 12.3 Å². The largest absolute Gasteiger partial charge is 0.390 e. The van der Waals surface area contributed by atoms with Crippen molar-refractivity contribution in [1.82, 2.24) is 9.97 Å². The molecule has 16 heavy (non-hydrogen) atoms. The number of aromatic nitrogens is 2. The molecule has 4 heteroatoms. The van der Waals surface area contributed by atoms with Gasteiger partial charge in [-0.3, -0.25) is 0 Å². The molecule has 0 spiro atoms. The molecule has 86 valence electrons. The molecule has 1 heterocycles. The molecule has 1 aromatic heterocycles. The predicted molar refractivity (Wildman–Crippen MR) is 64.1 cm³/mol. The van der Waals surface area contributed by atoms with Crippen molar-refractivity contribution < 1.29 is 5.11 Å². The van der Waals surface area contributed by atoms with Crippen molar-refractivity contribution in [3.05, 3.63) is 17.7 Å². The van der Waals surface area contributed by atoms with Gasteiger partial charge in [0.2, 0.25) is 0 Å². The minimum absolute atomic E-state index is 0.105. The van der Waals surface area contributed by atoms with Gasteiger partial charge in [0.1, 0.15) is 5.82 Å². The minimum Gasteiger partial charge on any atom is -0.390 e. The number of aliphatic hydroxyl groups is 1. The van der Waals surface area contributed by atoms with E-state index >= 15 is 0 Å². The zero-order valence-corrected chi connectivity index (χ0v) is 9.94. The fourth-order valence-electron chi connectivity index (χ4n) is 1.36. The number of aliphatic hydroxyl groups excluding tert-OH is 1. The van der Waals surface area contributed by atoms with E-state index in [1.807, 2.05) is 25.8 Å². The van der Waals surface area contributed by atoms with Gasteiger partial charge in [0.25, 0.3) is 0 Å². The molecule has 0 saturated carbocycles. The van der Waals surface area contributed by atoms with Gasteiger partial charge in [-0.2, -0.15) is 0 Å². The summed E-state index contributed by atoms with van der Waals surface area (Å²) < 4.78 is 0. The van der Waals surface area contributed by atoms with Gasteiger partial charge in [0.15, 0.2) is 0 Å². The van der Waals surface area contributed by atoms with E-state index in [1.54, 1.807) is 6.20 Å². The lowest BCUT2D eigenvalue weighted by Crippen LogP contribution is -2.20. The Balaban J connectivity index is 3.07. The van der Waals surface area contributed by atoms with Crippen molar-refractivity contribution in [1.29, 1.82) is 0 Å². The van der Waals surface area contributed by atoms with E-state index in [-0.39, 0.29) is 12.5 Å². The first-order chi connectivity index (χ1) is 7.60. The molecule has 0 radical (unpaired) electrons. The average molecular weight is 219 g/mol. The van der Waals surface area contributed by atoms with E-state index in [0.29, 0.717) is 12.2 Å². The number of hydrogen-bond acceptors (Lipinski definition) is 4. The highest BCUT2D eigenvalue weighted by Gasteiger charge is 2.11. The molecule has 1 aromatic rings. The lowest BCUT2D eigenvalue weighted by atomic mass is 10.2. The lowest BCUT2D eigenvalue weighted by molar-refractivity contribution is 0.276. The molecule has 1 rings (SSSR count). The lowest BCUT2D eigenvalue weighted by Gasteiger charge is -2.19. The summed E-state index contributed by atoms with van der Waals surface area (Å²) in [5.41, 5.74) is 1.40. The fourth-order valence-corrected chi connectivity index (χ4v) is 1.36. The van der Waals surface area contributed by atoms with Crippen molar-refractivity contribution in [3.63, 3.8) is 0 Å². The standard InChI is InChI=1S/C12H17N3O/c1-5-6-15(4)11-7-13-12(9(2)3)14-10(11)8-16/h1,7,9,16H,6,8H2,2-4H3. The molecule has 1 N–H and O–H groups in total. The smallest absolute Gasteiger partial charge is 0.131 e. The second kappa shape index (κ2) is 5.47. The first-order valence-corrected chi connectivity index (χ1v) is 5.21. The molecule has 0 amide bonds. The van der Waals surface area contributed by atoms with Crippen LogP contribution in [0.5, 0.6) is 0 Å². The third-order valence-electron chi connectivity index (χ3n) is 2.27. The second-order valence-electron chi connectivity index (χ2n) is 3.93. The van der Waals surface area contributed by atoms with Crippen LogP contribution in [0.4, 0.5) is 5.69 Å². The number of anilines is 1. The molecule has 0 unspecified atom stereocenters. The molecule has 0 fully saturated rings.